The third-order valence-electron chi connectivity index (χ3n) is 9.76. The molecule has 4 heterocycles. The van der Waals surface area contributed by atoms with E-state index in [1.165, 1.54) is 34.8 Å². The van der Waals surface area contributed by atoms with Crippen molar-refractivity contribution < 1.29 is 49.0 Å². The van der Waals surface area contributed by atoms with Gasteiger partial charge in [0, 0.05) is 43.3 Å². The first-order valence-corrected chi connectivity index (χ1v) is 19.5. The molecule has 0 spiro atoms. The number of rotatable bonds is 13. The molecule has 0 fully saturated rings. The number of carbonyl (C=O) groups excluding carboxylic acids is 1. The molecule has 0 saturated heterocycles. The number of aryl methyl sites for hydroxylation is 1. The first-order chi connectivity index (χ1) is 28.3. The highest BCUT2D eigenvalue weighted by Gasteiger charge is 2.51. The molecular weight excluding hydrogens is 857 g/mol. The summed E-state index contributed by atoms with van der Waals surface area (Å²) in [5.74, 6) is -8.65. The van der Waals surface area contributed by atoms with Crippen LogP contribution in [-0.4, -0.2) is 59.0 Å². The zero-order valence-electron chi connectivity index (χ0n) is 31.4. The maximum absolute atomic E-state index is 15.4. The van der Waals surface area contributed by atoms with Gasteiger partial charge in [-0.2, -0.15) is 37.1 Å². The van der Waals surface area contributed by atoms with E-state index in [0.717, 1.165) is 29.7 Å². The highest BCUT2D eigenvalue weighted by Crippen LogP contribution is 2.48. The molecule has 2 N–H and O–H groups in total. The number of amides is 1. The number of nitrogens with zero attached hydrogens (tertiary/aromatic N) is 7. The highest BCUT2D eigenvalue weighted by atomic mass is 35.5. The number of pyridine rings is 1. The predicted octanol–water partition coefficient (Wildman–Crippen LogP) is 8.14. The minimum atomic E-state index is -4.57. The molecule has 60 heavy (non-hydrogen) atoms. The standard InChI is InChI=1S/C37H31ClF9N9O3S/c1-16-10-21-28(31(41)42)51-55(30(21)37(16,46)47)15-25(57)48-23(13-17-11-18(39)14-19(40)12-17)34-50-32-20(4-7-26(49-32)59-9-8-36(43,44)45)35(58)56(34)24-6-5-22(38)27-29(24)54(2)52-33(27)53-60-3/h4-7,11-12,14,16,23,31H,8-10,13,15H2,1-3H3,(H,48,57)(H,52,53). The summed E-state index contributed by atoms with van der Waals surface area (Å²) < 4.78 is 138. The zero-order valence-corrected chi connectivity index (χ0v) is 32.9. The van der Waals surface area contributed by atoms with Crippen LogP contribution in [0.5, 0.6) is 5.88 Å². The molecule has 2 atom stereocenters. The fourth-order valence-electron chi connectivity index (χ4n) is 7.19. The normalized spacial score (nSPS) is 15.5. The molecule has 1 aliphatic carbocycles. The lowest BCUT2D eigenvalue weighted by Crippen LogP contribution is -2.38. The second-order valence-electron chi connectivity index (χ2n) is 13.9. The molecule has 6 aromatic rings. The number of aromatic nitrogens is 7. The van der Waals surface area contributed by atoms with Gasteiger partial charge in [-0.1, -0.05) is 30.5 Å². The number of ether oxygens (including phenoxy) is 1. The predicted molar refractivity (Wildman–Crippen MR) is 203 cm³/mol. The van der Waals surface area contributed by atoms with Crippen LogP contribution in [0.3, 0.4) is 0 Å². The van der Waals surface area contributed by atoms with Crippen LogP contribution < -0.4 is 20.3 Å². The van der Waals surface area contributed by atoms with Crippen LogP contribution in [0.1, 0.15) is 54.2 Å². The van der Waals surface area contributed by atoms with Gasteiger partial charge in [-0.3, -0.25) is 23.5 Å². The summed E-state index contributed by atoms with van der Waals surface area (Å²) in [6.07, 6.45) is -8.40. The molecule has 2 unspecified atom stereocenters. The molecule has 0 saturated carbocycles. The Morgan fingerprint density at radius 1 is 1.08 bits per heavy atom. The van der Waals surface area contributed by atoms with Crippen LogP contribution >= 0.6 is 23.5 Å². The molecule has 12 nitrogen and oxygen atoms in total. The quantitative estimate of drug-likeness (QED) is 0.0872. The van der Waals surface area contributed by atoms with E-state index in [9.17, 15) is 40.3 Å². The van der Waals surface area contributed by atoms with Crippen LogP contribution in [0.15, 0.2) is 47.3 Å². The lowest BCUT2D eigenvalue weighted by Gasteiger charge is -2.24. The van der Waals surface area contributed by atoms with Gasteiger partial charge in [0.2, 0.25) is 11.8 Å². The fourth-order valence-corrected chi connectivity index (χ4v) is 7.77. The topological polar surface area (TPSA) is 134 Å². The SMILES string of the molecule is CSNc1nn(C)c2c(-n3c(C(Cc4cc(F)cc(F)c4)NC(=O)Cn4nc(C(F)F)c5c4C(F)(F)C(C)C5)nc4nc(OCCC(F)(F)F)ccc4c3=O)ccc(Cl)c12. The van der Waals surface area contributed by atoms with Gasteiger partial charge in [0.1, 0.15) is 35.4 Å². The first kappa shape index (κ1) is 42.6. The summed E-state index contributed by atoms with van der Waals surface area (Å²) in [6, 6.07) is 6.05. The molecule has 1 aliphatic rings. The summed E-state index contributed by atoms with van der Waals surface area (Å²) in [7, 11) is 1.54. The Kier molecular flexibility index (Phi) is 11.5. The fraction of sp³-hybridized carbons (Fsp3) is 0.351. The van der Waals surface area contributed by atoms with Crippen LogP contribution in [0.25, 0.3) is 27.6 Å². The number of halogens is 10. The smallest absolute Gasteiger partial charge is 0.392 e. The van der Waals surface area contributed by atoms with Gasteiger partial charge < -0.3 is 14.8 Å². The van der Waals surface area contributed by atoms with Gasteiger partial charge in [-0.15, -0.1) is 0 Å². The van der Waals surface area contributed by atoms with E-state index < -0.39 is 103 Å². The largest absolute Gasteiger partial charge is 0.477 e. The summed E-state index contributed by atoms with van der Waals surface area (Å²) in [6.45, 7) is -0.724. The summed E-state index contributed by atoms with van der Waals surface area (Å²) in [5.41, 5.74) is -3.23. The number of alkyl halides is 7. The van der Waals surface area contributed by atoms with Gasteiger partial charge in [0.25, 0.3) is 17.9 Å². The lowest BCUT2D eigenvalue weighted by molar-refractivity contribution is -0.139. The van der Waals surface area contributed by atoms with Crippen molar-refractivity contribution in [3.05, 3.63) is 97.8 Å². The van der Waals surface area contributed by atoms with Gasteiger partial charge in [0.15, 0.2) is 11.5 Å². The minimum absolute atomic E-state index is 0.0585. The second-order valence-corrected chi connectivity index (χ2v) is 14.9. The van der Waals surface area contributed by atoms with E-state index in [1.54, 1.807) is 13.3 Å². The van der Waals surface area contributed by atoms with Crippen LogP contribution in [0.4, 0.5) is 45.3 Å². The van der Waals surface area contributed by atoms with Crippen molar-refractivity contribution >= 4 is 57.2 Å². The maximum atomic E-state index is 15.4. The third kappa shape index (κ3) is 8.17. The summed E-state index contributed by atoms with van der Waals surface area (Å²) in [5, 5.41) is 11.0. The van der Waals surface area contributed by atoms with Gasteiger partial charge in [-0.25, -0.2) is 22.5 Å². The van der Waals surface area contributed by atoms with Crippen LogP contribution in [0, 0.1) is 17.6 Å². The highest BCUT2D eigenvalue weighted by molar-refractivity contribution is 7.99. The Morgan fingerprint density at radius 3 is 2.47 bits per heavy atom. The van der Waals surface area contributed by atoms with Crippen molar-refractivity contribution in [1.82, 2.24) is 39.4 Å². The Hall–Kier alpha value is -5.51. The minimum Gasteiger partial charge on any atom is -0.477 e. The van der Waals surface area contributed by atoms with Crippen molar-refractivity contribution in [2.75, 3.05) is 17.6 Å². The Labute approximate surface area is 342 Å². The third-order valence-corrected chi connectivity index (χ3v) is 10.5. The van der Waals surface area contributed by atoms with Gasteiger partial charge in [-0.05, 0) is 42.3 Å². The number of nitrogens with one attached hydrogen (secondary N) is 2. The Morgan fingerprint density at radius 2 is 1.80 bits per heavy atom. The molecular formula is C37H31ClF9N9O3S. The van der Waals surface area contributed by atoms with E-state index in [-0.39, 0.29) is 44.5 Å². The number of hydrogen-bond donors (Lipinski definition) is 2. The van der Waals surface area contributed by atoms with Crippen molar-refractivity contribution in [1.29, 1.82) is 0 Å². The molecule has 23 heteroatoms. The molecule has 0 bridgehead atoms. The van der Waals surface area contributed by atoms with E-state index in [2.05, 4.69) is 30.2 Å². The van der Waals surface area contributed by atoms with Crippen molar-refractivity contribution in [2.45, 2.75) is 57.3 Å². The molecule has 1 amide bonds. The second kappa shape index (κ2) is 16.2. The molecule has 0 aliphatic heterocycles. The van der Waals surface area contributed by atoms with Crippen molar-refractivity contribution in [3.63, 3.8) is 0 Å². The number of hydrogen-bond acceptors (Lipinski definition) is 9. The van der Waals surface area contributed by atoms with E-state index >= 15 is 8.78 Å². The van der Waals surface area contributed by atoms with Crippen LogP contribution in [-0.2, 0) is 37.2 Å². The first-order valence-electron chi connectivity index (χ1n) is 17.9. The molecule has 318 valence electrons. The van der Waals surface area contributed by atoms with E-state index in [0.29, 0.717) is 22.0 Å². The van der Waals surface area contributed by atoms with Crippen LogP contribution in [0.2, 0.25) is 5.02 Å². The van der Waals surface area contributed by atoms with Crippen molar-refractivity contribution in [2.24, 2.45) is 13.0 Å². The number of benzene rings is 2. The Bertz CT molecular complexity index is 2680. The summed E-state index contributed by atoms with van der Waals surface area (Å²) >= 11 is 7.82. The number of anilines is 1. The average Bonchev–Trinajstić information content (AvgIpc) is 3.76. The number of carbonyl (C=O) groups is 1. The average molecular weight is 888 g/mol. The van der Waals surface area contributed by atoms with Crippen molar-refractivity contribution in [3.8, 4) is 11.6 Å². The van der Waals surface area contributed by atoms with E-state index in [4.69, 9.17) is 16.3 Å². The monoisotopic (exact) mass is 887 g/mol. The summed E-state index contributed by atoms with van der Waals surface area (Å²) in [4.78, 5) is 37.4. The molecule has 0 radical (unpaired) electrons. The van der Waals surface area contributed by atoms with Gasteiger partial charge >= 0.3 is 6.18 Å². The maximum Gasteiger partial charge on any atom is 0.392 e. The zero-order chi connectivity index (χ0) is 43.4. The van der Waals surface area contributed by atoms with Gasteiger partial charge in [0.05, 0.1) is 46.1 Å². The molecule has 4 aromatic heterocycles. The number of fused-ring (bicyclic) bond motifs is 3. The molecule has 2 aromatic carbocycles. The Balaban J connectivity index is 1.43. The lowest BCUT2D eigenvalue weighted by atomic mass is 10.0. The molecule has 7 rings (SSSR count). The van der Waals surface area contributed by atoms with E-state index in [1.807, 2.05) is 0 Å².